The SMILES string of the molecule is C=C(C)CC(S(=O)(=O)C(F)(F)F)S(=O)(=O)C(F)(F)F. The third-order valence-corrected chi connectivity index (χ3v) is 6.38. The first-order valence-electron chi connectivity index (χ1n) is 4.30. The molecule has 0 aromatic carbocycles. The first kappa shape index (κ1) is 18.2. The second-order valence-electron chi connectivity index (χ2n) is 3.57. The number of hydrogen-bond acceptors (Lipinski definition) is 4. The Balaban J connectivity index is 6.12. The molecule has 0 aromatic heterocycles. The van der Waals surface area contributed by atoms with E-state index in [9.17, 15) is 43.2 Å². The lowest BCUT2D eigenvalue weighted by atomic mass is 10.3. The van der Waals surface area contributed by atoms with Gasteiger partial charge in [-0.1, -0.05) is 5.57 Å². The Kier molecular flexibility index (Phi) is 4.76. The van der Waals surface area contributed by atoms with Gasteiger partial charge < -0.3 is 0 Å². The van der Waals surface area contributed by atoms with Crippen LogP contribution in [-0.2, 0) is 19.7 Å². The Labute approximate surface area is 104 Å². The molecular formula is C7H8F6O4S2. The van der Waals surface area contributed by atoms with Crippen LogP contribution in [0.3, 0.4) is 0 Å². The largest absolute Gasteiger partial charge is 0.498 e. The van der Waals surface area contributed by atoms with Gasteiger partial charge in [-0.05, 0) is 13.3 Å². The molecule has 0 N–H and O–H groups in total. The van der Waals surface area contributed by atoms with Gasteiger partial charge in [0.1, 0.15) is 0 Å². The summed E-state index contributed by atoms with van der Waals surface area (Å²) < 4.78 is 113. The van der Waals surface area contributed by atoms with Crippen molar-refractivity contribution >= 4 is 19.7 Å². The molecule has 19 heavy (non-hydrogen) atoms. The summed E-state index contributed by atoms with van der Waals surface area (Å²) in [5.74, 6) is 0. The van der Waals surface area contributed by atoms with E-state index in [1.807, 2.05) is 0 Å². The smallest absolute Gasteiger partial charge is 0.218 e. The van der Waals surface area contributed by atoms with Crippen molar-refractivity contribution in [2.75, 3.05) is 0 Å². The lowest BCUT2D eigenvalue weighted by molar-refractivity contribution is -0.0471. The zero-order valence-electron chi connectivity index (χ0n) is 9.21. The third kappa shape index (κ3) is 3.61. The molecule has 0 spiro atoms. The predicted octanol–water partition coefficient (Wildman–Crippen LogP) is 2.15. The number of alkyl halides is 6. The van der Waals surface area contributed by atoms with E-state index in [1.54, 1.807) is 0 Å². The zero-order chi connectivity index (χ0) is 15.9. The number of allylic oxidation sites excluding steroid dienone is 1. The van der Waals surface area contributed by atoms with Crippen LogP contribution in [0.5, 0.6) is 0 Å². The van der Waals surface area contributed by atoms with Crippen molar-refractivity contribution in [3.8, 4) is 0 Å². The highest BCUT2D eigenvalue weighted by molar-refractivity contribution is 8.09. The van der Waals surface area contributed by atoms with Crippen molar-refractivity contribution in [1.82, 2.24) is 0 Å². The van der Waals surface area contributed by atoms with Crippen molar-refractivity contribution < 1.29 is 43.2 Å². The topological polar surface area (TPSA) is 68.3 Å². The highest BCUT2D eigenvalue weighted by atomic mass is 32.3. The monoisotopic (exact) mass is 334 g/mol. The van der Waals surface area contributed by atoms with E-state index in [0.29, 0.717) is 0 Å². The van der Waals surface area contributed by atoms with E-state index in [-0.39, 0.29) is 0 Å². The zero-order valence-corrected chi connectivity index (χ0v) is 10.8. The summed E-state index contributed by atoms with van der Waals surface area (Å²) >= 11 is 0. The van der Waals surface area contributed by atoms with Crippen LogP contribution in [0, 0.1) is 0 Å². The van der Waals surface area contributed by atoms with Gasteiger partial charge >= 0.3 is 11.0 Å². The maximum atomic E-state index is 12.2. The fraction of sp³-hybridized carbons (Fsp3) is 0.714. The van der Waals surface area contributed by atoms with Crippen LogP contribution in [0.4, 0.5) is 26.3 Å². The van der Waals surface area contributed by atoms with Crippen LogP contribution in [0.2, 0.25) is 0 Å². The number of sulfone groups is 2. The van der Waals surface area contributed by atoms with Gasteiger partial charge in [0.25, 0.3) is 19.7 Å². The Morgan fingerprint density at radius 1 is 0.947 bits per heavy atom. The second-order valence-corrected chi connectivity index (χ2v) is 8.11. The molecule has 0 unspecified atom stereocenters. The fourth-order valence-electron chi connectivity index (χ4n) is 0.969. The van der Waals surface area contributed by atoms with Crippen molar-refractivity contribution in [3.63, 3.8) is 0 Å². The first-order valence-corrected chi connectivity index (χ1v) is 7.39. The van der Waals surface area contributed by atoms with Gasteiger partial charge in [-0.25, -0.2) is 16.8 Å². The van der Waals surface area contributed by atoms with Crippen LogP contribution in [0.25, 0.3) is 0 Å². The summed E-state index contributed by atoms with van der Waals surface area (Å²) in [7, 11) is -13.1. The highest BCUT2D eigenvalue weighted by Gasteiger charge is 2.62. The minimum absolute atomic E-state index is 0.453. The molecule has 114 valence electrons. The summed E-state index contributed by atoms with van der Waals surface area (Å²) in [5, 5.41) is 0. The van der Waals surface area contributed by atoms with Crippen molar-refractivity contribution in [2.45, 2.75) is 28.9 Å². The molecule has 0 atom stereocenters. The van der Waals surface area contributed by atoms with E-state index < -0.39 is 47.3 Å². The van der Waals surface area contributed by atoms with Gasteiger partial charge in [0.2, 0.25) is 0 Å². The summed E-state index contributed by atoms with van der Waals surface area (Å²) in [5.41, 5.74) is -12.7. The molecule has 0 radical (unpaired) electrons. The van der Waals surface area contributed by atoms with Gasteiger partial charge in [-0.15, -0.1) is 6.58 Å². The first-order chi connectivity index (χ1) is 8.05. The number of rotatable bonds is 4. The normalized spacial score (nSPS) is 14.7. The molecule has 0 rings (SSSR count). The lowest BCUT2D eigenvalue weighted by Gasteiger charge is -2.20. The summed E-state index contributed by atoms with van der Waals surface area (Å²) in [4.78, 5) is 0. The second kappa shape index (κ2) is 4.96. The molecule has 0 saturated heterocycles. The van der Waals surface area contributed by atoms with Gasteiger partial charge in [0, 0.05) is 0 Å². The quantitative estimate of drug-likeness (QED) is 0.583. The standard InChI is InChI=1S/C7H8F6O4S2/c1-4(2)3-5(18(14,15)6(8,9)10)19(16,17)7(11,12)13/h5H,1,3H2,2H3. The minimum Gasteiger partial charge on any atom is -0.218 e. The van der Waals surface area contributed by atoms with E-state index in [0.717, 1.165) is 6.92 Å². The van der Waals surface area contributed by atoms with E-state index in [4.69, 9.17) is 0 Å². The molecule has 0 saturated carbocycles. The predicted molar refractivity (Wildman–Crippen MR) is 53.2 cm³/mol. The average molecular weight is 334 g/mol. The fourth-order valence-corrected chi connectivity index (χ4v) is 4.56. The maximum absolute atomic E-state index is 12.2. The van der Waals surface area contributed by atoms with Crippen molar-refractivity contribution in [3.05, 3.63) is 12.2 Å². The van der Waals surface area contributed by atoms with Gasteiger partial charge in [-0.3, -0.25) is 0 Å². The Morgan fingerprint density at radius 3 is 1.37 bits per heavy atom. The van der Waals surface area contributed by atoms with Gasteiger partial charge in [-0.2, -0.15) is 26.3 Å². The van der Waals surface area contributed by atoms with E-state index in [2.05, 4.69) is 6.58 Å². The van der Waals surface area contributed by atoms with Crippen LogP contribution < -0.4 is 0 Å². The molecule has 0 heterocycles. The van der Waals surface area contributed by atoms with Gasteiger partial charge in [0.05, 0.1) is 0 Å². The summed E-state index contributed by atoms with van der Waals surface area (Å²) in [6.07, 6.45) is -1.50. The maximum Gasteiger partial charge on any atom is 0.498 e. The molecule has 0 fully saturated rings. The summed E-state index contributed by atoms with van der Waals surface area (Å²) in [6.45, 7) is 3.83. The molecule has 0 aromatic rings. The molecule has 0 bridgehead atoms. The third-order valence-electron chi connectivity index (χ3n) is 1.85. The van der Waals surface area contributed by atoms with Crippen LogP contribution in [-0.4, -0.2) is 32.4 Å². The Bertz CT molecular complexity index is 509. The molecule has 0 amide bonds. The van der Waals surface area contributed by atoms with E-state index in [1.165, 1.54) is 0 Å². The lowest BCUT2D eigenvalue weighted by Crippen LogP contribution is -2.44. The summed E-state index contributed by atoms with van der Waals surface area (Å²) in [6, 6.07) is 0. The Hall–Kier alpha value is -0.780. The minimum atomic E-state index is -6.54. The molecule has 0 aliphatic carbocycles. The van der Waals surface area contributed by atoms with E-state index >= 15 is 0 Å². The molecule has 12 heteroatoms. The molecular weight excluding hydrogens is 326 g/mol. The Morgan fingerprint density at radius 2 is 1.21 bits per heavy atom. The average Bonchev–Trinajstić information content (AvgIpc) is 2.09. The van der Waals surface area contributed by atoms with Crippen LogP contribution in [0.15, 0.2) is 12.2 Å². The van der Waals surface area contributed by atoms with Gasteiger partial charge in [0.15, 0.2) is 4.58 Å². The number of halogens is 6. The molecule has 0 aliphatic rings. The van der Waals surface area contributed by atoms with Crippen molar-refractivity contribution in [2.24, 2.45) is 0 Å². The molecule has 4 nitrogen and oxygen atoms in total. The number of hydrogen-bond donors (Lipinski definition) is 0. The highest BCUT2D eigenvalue weighted by Crippen LogP contribution is 2.38. The van der Waals surface area contributed by atoms with Crippen LogP contribution in [0.1, 0.15) is 13.3 Å². The van der Waals surface area contributed by atoms with Crippen molar-refractivity contribution in [1.29, 1.82) is 0 Å². The van der Waals surface area contributed by atoms with Crippen LogP contribution >= 0.6 is 0 Å². The molecule has 0 aliphatic heterocycles.